The molecule has 4 nitrogen and oxygen atoms in total. The number of anilines is 1. The Morgan fingerprint density at radius 1 is 0.926 bits per heavy atom. The summed E-state index contributed by atoms with van der Waals surface area (Å²) in [4.78, 5) is 12.0. The van der Waals surface area contributed by atoms with Crippen LogP contribution >= 0.6 is 0 Å². The van der Waals surface area contributed by atoms with E-state index in [1.165, 1.54) is 64.2 Å². The molecule has 0 fully saturated rings. The lowest BCUT2D eigenvalue weighted by Gasteiger charge is -2.12. The summed E-state index contributed by atoms with van der Waals surface area (Å²) < 4.78 is 0. The van der Waals surface area contributed by atoms with Gasteiger partial charge in [-0.25, -0.2) is 0 Å². The molecule has 1 aromatic carbocycles. The minimum absolute atomic E-state index is 0.0199. The highest BCUT2D eigenvalue weighted by Crippen LogP contribution is 2.24. The zero-order chi connectivity index (χ0) is 19.9. The number of phenols is 1. The first kappa shape index (κ1) is 23.5. The van der Waals surface area contributed by atoms with E-state index in [9.17, 15) is 15.0 Å². The van der Waals surface area contributed by atoms with Crippen LogP contribution in [0, 0.1) is 6.92 Å². The number of aliphatic hydroxyl groups excluding tert-OH is 1. The molecule has 0 saturated carbocycles. The number of aromatic hydroxyl groups is 1. The Morgan fingerprint density at radius 2 is 1.44 bits per heavy atom. The number of phenolic OH excluding ortho intramolecular Hbond substituents is 1. The number of unbranched alkanes of at least 4 members (excludes halogenated alkanes) is 11. The molecule has 0 heterocycles. The average molecular weight is 378 g/mol. The molecular formula is C23H39NO3. The molecule has 1 amide bonds. The Bertz CT molecular complexity index is 530. The van der Waals surface area contributed by atoms with Gasteiger partial charge in [0.15, 0.2) is 0 Å². The first-order valence-electron chi connectivity index (χ1n) is 10.8. The third kappa shape index (κ3) is 11.0. The highest BCUT2D eigenvalue weighted by atomic mass is 16.3. The van der Waals surface area contributed by atoms with Gasteiger partial charge >= 0.3 is 0 Å². The Balaban J connectivity index is 2.03. The second kappa shape index (κ2) is 14.5. The fraction of sp³-hybridized carbons (Fsp3) is 0.696. The molecule has 3 N–H and O–H groups in total. The molecule has 1 rings (SSSR count). The second-order valence-electron chi connectivity index (χ2n) is 7.70. The summed E-state index contributed by atoms with van der Waals surface area (Å²) in [5.41, 5.74) is 1.30. The van der Waals surface area contributed by atoms with Gasteiger partial charge in [-0.3, -0.25) is 4.79 Å². The fourth-order valence-electron chi connectivity index (χ4n) is 3.28. The SMILES string of the molecule is CCCCCCCCCCCCCCC(O)C(=O)Nc1cc(C)ccc1O. The van der Waals surface area contributed by atoms with Crippen molar-refractivity contribution in [1.29, 1.82) is 0 Å². The smallest absolute Gasteiger partial charge is 0.253 e. The van der Waals surface area contributed by atoms with Gasteiger partial charge < -0.3 is 15.5 Å². The normalized spacial score (nSPS) is 12.1. The minimum atomic E-state index is -1.02. The third-order valence-electron chi connectivity index (χ3n) is 5.04. The molecule has 0 spiro atoms. The van der Waals surface area contributed by atoms with E-state index >= 15 is 0 Å². The van der Waals surface area contributed by atoms with Crippen LogP contribution < -0.4 is 5.32 Å². The Labute approximate surface area is 165 Å². The van der Waals surface area contributed by atoms with E-state index in [0.717, 1.165) is 18.4 Å². The molecule has 1 aromatic rings. The molecule has 154 valence electrons. The van der Waals surface area contributed by atoms with Gasteiger partial charge in [-0.05, 0) is 31.0 Å². The highest BCUT2D eigenvalue weighted by Gasteiger charge is 2.16. The van der Waals surface area contributed by atoms with Crippen molar-refractivity contribution in [2.45, 2.75) is 103 Å². The van der Waals surface area contributed by atoms with Gasteiger partial charge in [0.1, 0.15) is 11.9 Å². The second-order valence-corrected chi connectivity index (χ2v) is 7.70. The van der Waals surface area contributed by atoms with Gasteiger partial charge in [0.25, 0.3) is 5.91 Å². The van der Waals surface area contributed by atoms with Crippen molar-refractivity contribution < 1.29 is 15.0 Å². The number of nitrogens with one attached hydrogen (secondary N) is 1. The summed E-state index contributed by atoms with van der Waals surface area (Å²) in [6.07, 6.45) is 14.6. The van der Waals surface area contributed by atoms with Crippen LogP contribution in [0.5, 0.6) is 5.75 Å². The van der Waals surface area contributed by atoms with Crippen LogP contribution in [0.25, 0.3) is 0 Å². The highest BCUT2D eigenvalue weighted by molar-refractivity contribution is 5.95. The van der Waals surface area contributed by atoms with E-state index in [1.54, 1.807) is 18.2 Å². The van der Waals surface area contributed by atoms with Crippen LogP contribution in [-0.4, -0.2) is 22.2 Å². The van der Waals surface area contributed by atoms with Crippen LogP contribution in [0.2, 0.25) is 0 Å². The first-order valence-corrected chi connectivity index (χ1v) is 10.8. The number of hydrogen-bond donors (Lipinski definition) is 3. The molecule has 0 bridgehead atoms. The van der Waals surface area contributed by atoms with E-state index in [2.05, 4.69) is 12.2 Å². The molecular weight excluding hydrogens is 338 g/mol. The summed E-state index contributed by atoms with van der Waals surface area (Å²) in [6.45, 7) is 4.14. The Kier molecular flexibility index (Phi) is 12.6. The van der Waals surface area contributed by atoms with Crippen molar-refractivity contribution >= 4 is 11.6 Å². The molecule has 1 unspecified atom stereocenters. The quantitative estimate of drug-likeness (QED) is 0.256. The monoisotopic (exact) mass is 377 g/mol. The molecule has 4 heteroatoms. The van der Waals surface area contributed by atoms with Crippen molar-refractivity contribution in [2.75, 3.05) is 5.32 Å². The minimum Gasteiger partial charge on any atom is -0.506 e. The zero-order valence-electron chi connectivity index (χ0n) is 17.3. The number of benzene rings is 1. The van der Waals surface area contributed by atoms with Crippen molar-refractivity contribution in [3.8, 4) is 5.75 Å². The number of carbonyl (C=O) groups is 1. The van der Waals surface area contributed by atoms with Gasteiger partial charge in [0, 0.05) is 0 Å². The van der Waals surface area contributed by atoms with Gasteiger partial charge in [0.2, 0.25) is 0 Å². The summed E-state index contributed by atoms with van der Waals surface area (Å²) >= 11 is 0. The number of aliphatic hydroxyl groups is 1. The van der Waals surface area contributed by atoms with Gasteiger partial charge in [-0.15, -0.1) is 0 Å². The van der Waals surface area contributed by atoms with Crippen molar-refractivity contribution in [3.63, 3.8) is 0 Å². The zero-order valence-corrected chi connectivity index (χ0v) is 17.3. The van der Waals surface area contributed by atoms with E-state index in [4.69, 9.17) is 0 Å². The summed E-state index contributed by atoms with van der Waals surface area (Å²) in [5.74, 6) is -0.425. The maximum absolute atomic E-state index is 12.0. The van der Waals surface area contributed by atoms with Crippen molar-refractivity contribution in [1.82, 2.24) is 0 Å². The van der Waals surface area contributed by atoms with E-state index in [0.29, 0.717) is 12.1 Å². The number of aryl methyl sites for hydroxylation is 1. The number of amides is 1. The molecule has 1 atom stereocenters. The topological polar surface area (TPSA) is 69.6 Å². The van der Waals surface area contributed by atoms with Crippen molar-refractivity contribution in [3.05, 3.63) is 23.8 Å². The Morgan fingerprint density at radius 3 is 2.00 bits per heavy atom. The van der Waals surface area contributed by atoms with Crippen LogP contribution in [-0.2, 0) is 4.79 Å². The number of hydrogen-bond acceptors (Lipinski definition) is 3. The largest absolute Gasteiger partial charge is 0.506 e. The predicted octanol–water partition coefficient (Wildman–Crippen LogP) is 6.09. The summed E-state index contributed by atoms with van der Waals surface area (Å²) in [7, 11) is 0. The molecule has 0 radical (unpaired) electrons. The van der Waals surface area contributed by atoms with Crippen LogP contribution in [0.15, 0.2) is 18.2 Å². The van der Waals surface area contributed by atoms with E-state index < -0.39 is 12.0 Å². The predicted molar refractivity (Wildman–Crippen MR) is 113 cm³/mol. The molecule has 0 saturated heterocycles. The molecule has 0 aliphatic heterocycles. The van der Waals surface area contributed by atoms with Crippen molar-refractivity contribution in [2.24, 2.45) is 0 Å². The lowest BCUT2D eigenvalue weighted by atomic mass is 10.0. The molecule has 27 heavy (non-hydrogen) atoms. The number of rotatable bonds is 15. The van der Waals surface area contributed by atoms with Crippen LogP contribution in [0.4, 0.5) is 5.69 Å². The van der Waals surface area contributed by atoms with E-state index in [1.807, 2.05) is 6.92 Å². The Hall–Kier alpha value is -1.55. The maximum atomic E-state index is 12.0. The van der Waals surface area contributed by atoms with E-state index in [-0.39, 0.29) is 5.75 Å². The first-order chi connectivity index (χ1) is 13.0. The summed E-state index contributed by atoms with van der Waals surface area (Å²) in [6, 6.07) is 5.01. The molecule has 0 aliphatic carbocycles. The molecule has 0 aliphatic rings. The average Bonchev–Trinajstić information content (AvgIpc) is 2.65. The third-order valence-corrected chi connectivity index (χ3v) is 5.04. The van der Waals surface area contributed by atoms with Crippen LogP contribution in [0.3, 0.4) is 0 Å². The van der Waals surface area contributed by atoms with Gasteiger partial charge in [-0.1, -0.05) is 90.0 Å². The molecule has 0 aromatic heterocycles. The van der Waals surface area contributed by atoms with Gasteiger partial charge in [0.05, 0.1) is 5.69 Å². The maximum Gasteiger partial charge on any atom is 0.253 e. The lowest BCUT2D eigenvalue weighted by molar-refractivity contribution is -0.124. The lowest BCUT2D eigenvalue weighted by Crippen LogP contribution is -2.27. The summed E-state index contributed by atoms with van der Waals surface area (Å²) in [5, 5.41) is 22.4. The number of carbonyl (C=O) groups excluding carboxylic acids is 1. The standard InChI is InChI=1S/C23H39NO3/c1-3-4-5-6-7-8-9-10-11-12-13-14-15-22(26)23(27)24-20-18-19(2)16-17-21(20)25/h16-18,22,25-26H,3-15H2,1-2H3,(H,24,27). The fourth-order valence-corrected chi connectivity index (χ4v) is 3.28. The van der Waals surface area contributed by atoms with Gasteiger partial charge in [-0.2, -0.15) is 0 Å². The van der Waals surface area contributed by atoms with Crippen LogP contribution in [0.1, 0.15) is 96.0 Å².